The van der Waals surface area contributed by atoms with E-state index >= 15 is 0 Å². The first-order valence-corrected chi connectivity index (χ1v) is 5.82. The van der Waals surface area contributed by atoms with Gasteiger partial charge in [-0.15, -0.1) is 0 Å². The molecule has 0 spiro atoms. The Balaban J connectivity index is 2.90. The van der Waals surface area contributed by atoms with Crippen LogP contribution in [0.25, 0.3) is 0 Å². The average molecular weight is 272 g/mol. The van der Waals surface area contributed by atoms with Gasteiger partial charge in [0.25, 0.3) is 0 Å². The third-order valence-electron chi connectivity index (χ3n) is 2.81. The van der Waals surface area contributed by atoms with E-state index in [4.69, 9.17) is 0 Å². The quantitative estimate of drug-likeness (QED) is 0.775. The van der Waals surface area contributed by atoms with Crippen LogP contribution in [0.5, 0.6) is 0 Å². The highest BCUT2D eigenvalue weighted by molar-refractivity contribution is 9.10. The summed E-state index contributed by atoms with van der Waals surface area (Å²) in [6.07, 6.45) is 1.57. The molecular weight excluding hydrogens is 254 g/mol. The Morgan fingerprint density at radius 2 is 1.93 bits per heavy atom. The van der Waals surface area contributed by atoms with Crippen molar-refractivity contribution >= 4 is 21.7 Å². The van der Waals surface area contributed by atoms with Crippen LogP contribution >= 0.6 is 15.9 Å². The van der Waals surface area contributed by atoms with Crippen molar-refractivity contribution in [2.45, 2.75) is 33.7 Å². The molecule has 0 radical (unpaired) electrons. The van der Waals surface area contributed by atoms with Crippen LogP contribution in [0.2, 0.25) is 0 Å². The highest BCUT2D eigenvalue weighted by atomic mass is 79.9. The molecule has 0 aliphatic rings. The second kappa shape index (κ2) is 4.47. The van der Waals surface area contributed by atoms with E-state index in [1.54, 1.807) is 6.33 Å². The Morgan fingerprint density at radius 1 is 1.33 bits per heavy atom. The average Bonchev–Trinajstić information content (AvgIpc) is 2.14. The first kappa shape index (κ1) is 12.4. The number of rotatable bonds is 2. The normalized spacial score (nSPS) is 13.7. The minimum atomic E-state index is 0.228. The predicted molar refractivity (Wildman–Crippen MR) is 67.1 cm³/mol. The smallest absolute Gasteiger partial charge is 0.133 e. The zero-order valence-electron chi connectivity index (χ0n) is 9.95. The van der Waals surface area contributed by atoms with E-state index in [0.717, 1.165) is 10.4 Å². The number of hydrogen-bond donors (Lipinski definition) is 0. The van der Waals surface area contributed by atoms with Gasteiger partial charge in [0.2, 0.25) is 0 Å². The molecule has 1 unspecified atom stereocenters. The second-order valence-corrected chi connectivity index (χ2v) is 5.66. The van der Waals surface area contributed by atoms with Crippen LogP contribution in [-0.4, -0.2) is 23.1 Å². The van der Waals surface area contributed by atoms with Gasteiger partial charge in [-0.25, -0.2) is 9.97 Å². The van der Waals surface area contributed by atoms with Crippen molar-refractivity contribution in [2.24, 2.45) is 5.41 Å². The van der Waals surface area contributed by atoms with Crippen molar-refractivity contribution < 1.29 is 0 Å². The summed E-state index contributed by atoms with van der Waals surface area (Å²) in [6, 6.07) is 2.35. The molecule has 4 heteroatoms. The largest absolute Gasteiger partial charge is 0.356 e. The molecule has 0 amide bonds. The summed E-state index contributed by atoms with van der Waals surface area (Å²) in [5.41, 5.74) is 0.228. The molecule has 1 heterocycles. The number of anilines is 1. The molecule has 0 bridgehead atoms. The van der Waals surface area contributed by atoms with E-state index in [-0.39, 0.29) is 5.41 Å². The zero-order valence-corrected chi connectivity index (χ0v) is 11.5. The van der Waals surface area contributed by atoms with Crippen molar-refractivity contribution in [3.05, 3.63) is 17.0 Å². The molecule has 1 rings (SSSR count). The summed E-state index contributed by atoms with van der Waals surface area (Å²) in [7, 11) is 2.06. The monoisotopic (exact) mass is 271 g/mol. The zero-order chi connectivity index (χ0) is 11.6. The van der Waals surface area contributed by atoms with Crippen molar-refractivity contribution in [3.63, 3.8) is 0 Å². The van der Waals surface area contributed by atoms with Crippen LogP contribution in [0.1, 0.15) is 27.7 Å². The molecule has 0 saturated carbocycles. The highest BCUT2D eigenvalue weighted by Crippen LogP contribution is 2.26. The lowest BCUT2D eigenvalue weighted by Gasteiger charge is -2.36. The minimum Gasteiger partial charge on any atom is -0.356 e. The van der Waals surface area contributed by atoms with Crippen LogP contribution in [0.15, 0.2) is 17.0 Å². The van der Waals surface area contributed by atoms with Crippen LogP contribution in [0.4, 0.5) is 5.82 Å². The number of halogens is 1. The minimum absolute atomic E-state index is 0.228. The van der Waals surface area contributed by atoms with Gasteiger partial charge >= 0.3 is 0 Å². The fourth-order valence-corrected chi connectivity index (χ4v) is 1.59. The molecule has 0 aliphatic heterocycles. The lowest BCUT2D eigenvalue weighted by molar-refractivity contribution is 0.328. The van der Waals surface area contributed by atoms with E-state index in [0.29, 0.717) is 6.04 Å². The third kappa shape index (κ3) is 3.16. The van der Waals surface area contributed by atoms with E-state index in [1.165, 1.54) is 0 Å². The summed E-state index contributed by atoms with van der Waals surface area (Å²) in [5.74, 6) is 0.944. The Kier molecular flexibility index (Phi) is 3.71. The van der Waals surface area contributed by atoms with Gasteiger partial charge in [-0.2, -0.15) is 0 Å². The molecule has 1 aromatic rings. The van der Waals surface area contributed by atoms with E-state index in [9.17, 15) is 0 Å². The fourth-order valence-electron chi connectivity index (χ4n) is 1.30. The first-order valence-electron chi connectivity index (χ1n) is 5.02. The number of aromatic nitrogens is 2. The third-order valence-corrected chi connectivity index (χ3v) is 3.25. The predicted octanol–water partition coefficient (Wildman–Crippen LogP) is 3.11. The van der Waals surface area contributed by atoms with Crippen LogP contribution in [-0.2, 0) is 0 Å². The fraction of sp³-hybridized carbons (Fsp3) is 0.636. The number of hydrogen-bond acceptors (Lipinski definition) is 3. The molecule has 0 N–H and O–H groups in total. The molecule has 0 saturated heterocycles. The molecule has 0 fully saturated rings. The Bertz CT molecular complexity index is 333. The molecular formula is C11H18BrN3. The van der Waals surface area contributed by atoms with E-state index < -0.39 is 0 Å². The van der Waals surface area contributed by atoms with Crippen molar-refractivity contribution in [2.75, 3.05) is 11.9 Å². The van der Waals surface area contributed by atoms with Gasteiger partial charge in [-0.1, -0.05) is 20.8 Å². The summed E-state index contributed by atoms with van der Waals surface area (Å²) < 4.78 is 0.820. The highest BCUT2D eigenvalue weighted by Gasteiger charge is 2.24. The van der Waals surface area contributed by atoms with Gasteiger partial charge in [0.05, 0.1) is 0 Å². The molecule has 1 atom stereocenters. The molecule has 15 heavy (non-hydrogen) atoms. The van der Waals surface area contributed by atoms with Gasteiger partial charge in [0, 0.05) is 19.2 Å². The summed E-state index contributed by atoms with van der Waals surface area (Å²) in [6.45, 7) is 8.88. The molecule has 1 aromatic heterocycles. The molecule has 0 aliphatic carbocycles. The Hall–Kier alpha value is -0.640. The van der Waals surface area contributed by atoms with Gasteiger partial charge < -0.3 is 4.90 Å². The van der Waals surface area contributed by atoms with Crippen molar-refractivity contribution in [1.29, 1.82) is 0 Å². The second-order valence-electron chi connectivity index (χ2n) is 4.85. The summed E-state index contributed by atoms with van der Waals surface area (Å²) in [5, 5.41) is 0. The number of nitrogens with zero attached hydrogens (tertiary/aromatic N) is 3. The van der Waals surface area contributed by atoms with Crippen LogP contribution in [0.3, 0.4) is 0 Å². The molecule has 3 nitrogen and oxygen atoms in total. The van der Waals surface area contributed by atoms with Gasteiger partial charge in [0.15, 0.2) is 0 Å². The SMILES string of the molecule is CC(N(C)c1cc(Br)ncn1)C(C)(C)C. The maximum atomic E-state index is 4.26. The lowest BCUT2D eigenvalue weighted by atomic mass is 9.87. The topological polar surface area (TPSA) is 29.0 Å². The van der Waals surface area contributed by atoms with Gasteiger partial charge in [-0.3, -0.25) is 0 Å². The maximum Gasteiger partial charge on any atom is 0.133 e. The van der Waals surface area contributed by atoms with E-state index in [2.05, 4.69) is 65.5 Å². The lowest BCUT2D eigenvalue weighted by Crippen LogP contribution is -2.39. The van der Waals surface area contributed by atoms with Crippen molar-refractivity contribution in [3.8, 4) is 0 Å². The summed E-state index contributed by atoms with van der Waals surface area (Å²) in [4.78, 5) is 10.5. The first-order chi connectivity index (χ1) is 6.82. The van der Waals surface area contributed by atoms with Crippen LogP contribution in [0, 0.1) is 5.41 Å². The van der Waals surface area contributed by atoms with E-state index in [1.807, 2.05) is 6.07 Å². The van der Waals surface area contributed by atoms with Gasteiger partial charge in [0.1, 0.15) is 16.7 Å². The Labute approximate surface area is 100 Å². The maximum absolute atomic E-state index is 4.26. The molecule has 84 valence electrons. The van der Waals surface area contributed by atoms with Crippen LogP contribution < -0.4 is 4.90 Å². The summed E-state index contributed by atoms with van der Waals surface area (Å²) >= 11 is 3.35. The molecule has 0 aromatic carbocycles. The Morgan fingerprint density at radius 3 is 2.40 bits per heavy atom. The van der Waals surface area contributed by atoms with Gasteiger partial charge in [-0.05, 0) is 28.3 Å². The standard InChI is InChI=1S/C11H18BrN3/c1-8(11(2,3)4)15(5)10-6-9(12)13-7-14-10/h6-8H,1-5H3. The van der Waals surface area contributed by atoms with Crippen molar-refractivity contribution in [1.82, 2.24) is 9.97 Å².